The van der Waals surface area contributed by atoms with Crippen molar-refractivity contribution in [3.05, 3.63) is 63.8 Å². The molecule has 2 heteroatoms. The summed E-state index contributed by atoms with van der Waals surface area (Å²) in [6.07, 6.45) is 6.90. The van der Waals surface area contributed by atoms with Crippen molar-refractivity contribution in [1.82, 2.24) is 0 Å². The molecular formula is C20H19NS. The molecule has 2 aromatic carbocycles. The first-order chi connectivity index (χ1) is 10.8. The Bertz CT molecular complexity index is 936. The van der Waals surface area contributed by atoms with Crippen molar-refractivity contribution < 1.29 is 0 Å². The van der Waals surface area contributed by atoms with E-state index in [2.05, 4.69) is 72.9 Å². The molecule has 110 valence electrons. The summed E-state index contributed by atoms with van der Waals surface area (Å²) in [5.74, 6) is 0. The van der Waals surface area contributed by atoms with Gasteiger partial charge in [0.15, 0.2) is 0 Å². The molecule has 22 heavy (non-hydrogen) atoms. The van der Waals surface area contributed by atoms with E-state index in [1.807, 2.05) is 11.3 Å². The predicted octanol–water partition coefficient (Wildman–Crippen LogP) is 3.91. The number of hydrogen-bond acceptors (Lipinski definition) is 2. The maximum atomic E-state index is 3.71. The summed E-state index contributed by atoms with van der Waals surface area (Å²) in [4.78, 5) is 0. The summed E-state index contributed by atoms with van der Waals surface area (Å²) in [6, 6.07) is 17.7. The molecule has 0 radical (unpaired) electrons. The molecule has 1 atom stereocenters. The lowest BCUT2D eigenvalue weighted by Crippen LogP contribution is -2.30. The Kier molecular flexibility index (Phi) is 3.47. The number of nitrogens with one attached hydrogen (secondary N) is 1. The molecule has 0 fully saturated rings. The zero-order valence-electron chi connectivity index (χ0n) is 12.7. The van der Waals surface area contributed by atoms with Gasteiger partial charge in [-0.05, 0) is 35.8 Å². The van der Waals surface area contributed by atoms with Gasteiger partial charge < -0.3 is 5.32 Å². The van der Waals surface area contributed by atoms with Crippen LogP contribution in [0.1, 0.15) is 18.9 Å². The van der Waals surface area contributed by atoms with Crippen LogP contribution < -0.4 is 15.1 Å². The van der Waals surface area contributed by atoms with Gasteiger partial charge >= 0.3 is 0 Å². The minimum absolute atomic E-state index is 0.373. The minimum Gasteiger partial charge on any atom is -0.378 e. The molecule has 0 bridgehead atoms. The van der Waals surface area contributed by atoms with Crippen molar-refractivity contribution in [1.29, 1.82) is 0 Å². The van der Waals surface area contributed by atoms with Crippen LogP contribution in [0.25, 0.3) is 22.2 Å². The minimum atomic E-state index is 0.373. The van der Waals surface area contributed by atoms with Crippen molar-refractivity contribution >= 4 is 39.3 Å². The predicted molar refractivity (Wildman–Crippen MR) is 97.9 cm³/mol. The SMILES string of the molecule is CCc1ccccc1NC1C=c2c(sc3ccccc23)=CC1. The van der Waals surface area contributed by atoms with Gasteiger partial charge in [0.2, 0.25) is 0 Å². The number of thiophene rings is 1. The van der Waals surface area contributed by atoms with Crippen molar-refractivity contribution in [3.63, 3.8) is 0 Å². The van der Waals surface area contributed by atoms with Gasteiger partial charge in [0.05, 0.1) is 0 Å². The summed E-state index contributed by atoms with van der Waals surface area (Å²) in [5.41, 5.74) is 2.65. The summed E-state index contributed by atoms with van der Waals surface area (Å²) in [7, 11) is 0. The number of benzene rings is 2. The molecule has 0 saturated heterocycles. The smallest absolute Gasteiger partial charge is 0.0489 e. The third-order valence-corrected chi connectivity index (χ3v) is 5.51. The van der Waals surface area contributed by atoms with Gasteiger partial charge in [-0.15, -0.1) is 11.3 Å². The lowest BCUT2D eigenvalue weighted by molar-refractivity contribution is 0.946. The molecule has 3 aromatic rings. The standard InChI is InChI=1S/C20H19NS/c1-2-14-7-3-5-9-18(14)21-15-11-12-20-17(13-15)16-8-4-6-10-19(16)22-20/h3-10,12-13,15,21H,2,11H2,1H3. The number of anilines is 1. The Balaban J connectivity index is 1.74. The van der Waals surface area contributed by atoms with Crippen LogP contribution in [-0.4, -0.2) is 6.04 Å². The fourth-order valence-corrected chi connectivity index (χ4v) is 4.32. The highest BCUT2D eigenvalue weighted by atomic mass is 32.1. The first-order valence-corrected chi connectivity index (χ1v) is 8.71. The third kappa shape index (κ3) is 2.34. The molecule has 0 amide bonds. The fourth-order valence-electron chi connectivity index (χ4n) is 3.18. The summed E-state index contributed by atoms with van der Waals surface area (Å²) in [6.45, 7) is 2.21. The summed E-state index contributed by atoms with van der Waals surface area (Å²) >= 11 is 1.90. The number of hydrogen-bond donors (Lipinski definition) is 1. The lowest BCUT2D eigenvalue weighted by Gasteiger charge is -2.19. The lowest BCUT2D eigenvalue weighted by atomic mass is 10.0. The Morgan fingerprint density at radius 2 is 1.91 bits per heavy atom. The Morgan fingerprint density at radius 1 is 1.09 bits per heavy atom. The van der Waals surface area contributed by atoms with Crippen LogP contribution in [0.2, 0.25) is 0 Å². The molecule has 1 unspecified atom stereocenters. The molecule has 1 aliphatic carbocycles. The number of rotatable bonds is 3. The number of fused-ring (bicyclic) bond motifs is 3. The van der Waals surface area contributed by atoms with Gasteiger partial charge in [-0.25, -0.2) is 0 Å². The molecule has 0 spiro atoms. The van der Waals surface area contributed by atoms with E-state index in [0.29, 0.717) is 6.04 Å². The second-order valence-electron chi connectivity index (χ2n) is 5.74. The highest BCUT2D eigenvalue weighted by Gasteiger charge is 2.12. The van der Waals surface area contributed by atoms with Crippen molar-refractivity contribution in [3.8, 4) is 0 Å². The third-order valence-electron chi connectivity index (χ3n) is 4.33. The number of aryl methyl sites for hydroxylation is 1. The van der Waals surface area contributed by atoms with Crippen LogP contribution in [0.15, 0.2) is 48.5 Å². The highest BCUT2D eigenvalue weighted by molar-refractivity contribution is 7.17. The molecule has 0 aliphatic heterocycles. The monoisotopic (exact) mass is 305 g/mol. The summed E-state index contributed by atoms with van der Waals surface area (Å²) < 4.78 is 2.80. The van der Waals surface area contributed by atoms with E-state index in [1.165, 1.54) is 31.1 Å². The zero-order valence-corrected chi connectivity index (χ0v) is 13.5. The highest BCUT2D eigenvalue weighted by Crippen LogP contribution is 2.20. The topological polar surface area (TPSA) is 12.0 Å². The molecule has 1 aliphatic rings. The van der Waals surface area contributed by atoms with E-state index in [0.717, 1.165) is 12.8 Å². The fraction of sp³-hybridized carbons (Fsp3) is 0.200. The first-order valence-electron chi connectivity index (χ1n) is 7.89. The van der Waals surface area contributed by atoms with Crippen LogP contribution in [0.4, 0.5) is 5.69 Å². The van der Waals surface area contributed by atoms with Gasteiger partial charge in [0.25, 0.3) is 0 Å². The van der Waals surface area contributed by atoms with E-state index < -0.39 is 0 Å². The van der Waals surface area contributed by atoms with Gasteiger partial charge in [0.1, 0.15) is 0 Å². The summed E-state index contributed by atoms with van der Waals surface area (Å²) in [5, 5.41) is 6.50. The molecule has 1 N–H and O–H groups in total. The molecule has 4 rings (SSSR count). The zero-order chi connectivity index (χ0) is 14.9. The van der Waals surface area contributed by atoms with Gasteiger partial charge in [-0.1, -0.05) is 55.5 Å². The molecule has 0 saturated carbocycles. The van der Waals surface area contributed by atoms with E-state index in [-0.39, 0.29) is 0 Å². The largest absolute Gasteiger partial charge is 0.378 e. The van der Waals surface area contributed by atoms with Gasteiger partial charge in [-0.3, -0.25) is 0 Å². The molecule has 1 heterocycles. The Labute approximate surface area is 134 Å². The van der Waals surface area contributed by atoms with Gasteiger partial charge in [-0.2, -0.15) is 0 Å². The molecular weight excluding hydrogens is 286 g/mol. The average Bonchev–Trinajstić information content (AvgIpc) is 2.93. The van der Waals surface area contributed by atoms with Crippen molar-refractivity contribution in [2.75, 3.05) is 5.32 Å². The van der Waals surface area contributed by atoms with Crippen LogP contribution in [-0.2, 0) is 6.42 Å². The molecule has 1 aromatic heterocycles. The Hall–Kier alpha value is -2.06. The van der Waals surface area contributed by atoms with Crippen molar-refractivity contribution in [2.24, 2.45) is 0 Å². The van der Waals surface area contributed by atoms with E-state index >= 15 is 0 Å². The second-order valence-corrected chi connectivity index (χ2v) is 6.83. The van der Waals surface area contributed by atoms with Crippen LogP contribution in [0, 0.1) is 0 Å². The van der Waals surface area contributed by atoms with Crippen LogP contribution in [0.5, 0.6) is 0 Å². The molecule has 1 nitrogen and oxygen atoms in total. The van der Waals surface area contributed by atoms with Crippen LogP contribution in [0.3, 0.4) is 0 Å². The first kappa shape index (κ1) is 13.6. The maximum Gasteiger partial charge on any atom is 0.0489 e. The van der Waals surface area contributed by atoms with Gasteiger partial charge in [0, 0.05) is 26.3 Å². The van der Waals surface area contributed by atoms with Crippen LogP contribution >= 0.6 is 11.3 Å². The van der Waals surface area contributed by atoms with E-state index in [4.69, 9.17) is 0 Å². The Morgan fingerprint density at radius 3 is 2.82 bits per heavy atom. The normalized spacial score (nSPS) is 16.7. The maximum absolute atomic E-state index is 3.71. The second kappa shape index (κ2) is 5.62. The quantitative estimate of drug-likeness (QED) is 0.773. The number of para-hydroxylation sites is 1. The van der Waals surface area contributed by atoms with Crippen molar-refractivity contribution in [2.45, 2.75) is 25.8 Å². The average molecular weight is 305 g/mol. The van der Waals surface area contributed by atoms with E-state index in [9.17, 15) is 0 Å². The van der Waals surface area contributed by atoms with E-state index in [1.54, 1.807) is 0 Å².